The molecule has 7 nitrogen and oxygen atoms in total. The van der Waals surface area contributed by atoms with Crippen molar-refractivity contribution in [2.75, 3.05) is 48.6 Å². The molecule has 0 saturated carbocycles. The highest BCUT2D eigenvalue weighted by molar-refractivity contribution is 5.48. The van der Waals surface area contributed by atoms with Gasteiger partial charge in [0.15, 0.2) is 23.0 Å². The van der Waals surface area contributed by atoms with Crippen molar-refractivity contribution in [3.63, 3.8) is 0 Å². The van der Waals surface area contributed by atoms with E-state index in [0.717, 1.165) is 42.9 Å². The van der Waals surface area contributed by atoms with Gasteiger partial charge in [-0.15, -0.1) is 0 Å². The number of aliphatic hydroxyl groups is 1. The van der Waals surface area contributed by atoms with Gasteiger partial charge in [-0.05, 0) is 73.2 Å². The van der Waals surface area contributed by atoms with Crippen molar-refractivity contribution in [1.29, 1.82) is 5.26 Å². The molecule has 0 radical (unpaired) electrons. The first kappa shape index (κ1) is 30.3. The average Bonchev–Trinajstić information content (AvgIpc) is 2.90. The number of methoxy groups -OCH3 is 4. The zero-order valence-corrected chi connectivity index (χ0v) is 23.8. The summed E-state index contributed by atoms with van der Waals surface area (Å²) in [5.74, 6) is 2.64. The lowest BCUT2D eigenvalue weighted by Gasteiger charge is -2.34. The van der Waals surface area contributed by atoms with Crippen LogP contribution in [0.5, 0.6) is 23.0 Å². The standard InChI is InChI=1S/C30H44N2O5/c1-9-10-22-15-27(35-6)28(36-7)16-23(22)13-14-32(4)19-25(33)18-30(20-31,21(2)3)24-11-12-26(34-5)29(17-24)37-8/h11-12,15-17,21,25,33H,9-10,13-14,18-19H2,1-8H3. The first-order valence-electron chi connectivity index (χ1n) is 12.9. The Balaban J connectivity index is 2.17. The smallest absolute Gasteiger partial charge is 0.161 e. The second-order valence-corrected chi connectivity index (χ2v) is 9.90. The Morgan fingerprint density at radius 3 is 1.92 bits per heavy atom. The van der Waals surface area contributed by atoms with E-state index in [1.807, 2.05) is 39.1 Å². The quantitative estimate of drug-likeness (QED) is 0.359. The molecule has 0 bridgehead atoms. The zero-order valence-electron chi connectivity index (χ0n) is 23.8. The Labute approximate surface area is 222 Å². The van der Waals surface area contributed by atoms with Gasteiger partial charge in [-0.25, -0.2) is 0 Å². The topological polar surface area (TPSA) is 84.2 Å². The van der Waals surface area contributed by atoms with Crippen LogP contribution in [0, 0.1) is 17.2 Å². The fourth-order valence-corrected chi connectivity index (χ4v) is 4.94. The second kappa shape index (κ2) is 14.1. The minimum absolute atomic E-state index is 0.0149. The summed E-state index contributed by atoms with van der Waals surface area (Å²) in [6.07, 6.45) is 2.46. The molecular formula is C30H44N2O5. The number of rotatable bonds is 15. The van der Waals surface area contributed by atoms with Gasteiger partial charge < -0.3 is 29.0 Å². The second-order valence-electron chi connectivity index (χ2n) is 9.90. The van der Waals surface area contributed by atoms with Gasteiger partial charge in [0.25, 0.3) is 0 Å². The van der Waals surface area contributed by atoms with Crippen LogP contribution in [-0.4, -0.2) is 64.7 Å². The van der Waals surface area contributed by atoms with Crippen LogP contribution in [0.2, 0.25) is 0 Å². The number of likely N-dealkylation sites (N-methyl/N-ethyl adjacent to an activating group) is 1. The van der Waals surface area contributed by atoms with E-state index >= 15 is 0 Å². The zero-order chi connectivity index (χ0) is 27.6. The maximum absolute atomic E-state index is 11.1. The molecule has 0 heterocycles. The van der Waals surface area contributed by atoms with Gasteiger partial charge >= 0.3 is 0 Å². The minimum atomic E-state index is -0.864. The van der Waals surface area contributed by atoms with Gasteiger partial charge in [0, 0.05) is 13.1 Å². The summed E-state index contributed by atoms with van der Waals surface area (Å²) in [6, 6.07) is 12.2. The van der Waals surface area contributed by atoms with Gasteiger partial charge in [-0.1, -0.05) is 33.3 Å². The van der Waals surface area contributed by atoms with Gasteiger partial charge in [-0.2, -0.15) is 5.26 Å². The molecule has 2 aromatic rings. The summed E-state index contributed by atoms with van der Waals surface area (Å²) in [6.45, 7) is 7.42. The Morgan fingerprint density at radius 1 is 0.892 bits per heavy atom. The van der Waals surface area contributed by atoms with Crippen molar-refractivity contribution in [3.8, 4) is 29.1 Å². The van der Waals surface area contributed by atoms with E-state index in [1.165, 1.54) is 11.1 Å². The minimum Gasteiger partial charge on any atom is -0.493 e. The number of hydrogen-bond acceptors (Lipinski definition) is 7. The number of ether oxygens (including phenoxy) is 4. The van der Waals surface area contributed by atoms with Crippen LogP contribution in [-0.2, 0) is 18.3 Å². The van der Waals surface area contributed by atoms with E-state index in [2.05, 4.69) is 30.0 Å². The van der Waals surface area contributed by atoms with E-state index in [1.54, 1.807) is 28.4 Å². The third-order valence-corrected chi connectivity index (χ3v) is 7.15. The Morgan fingerprint density at radius 2 is 1.43 bits per heavy atom. The molecule has 0 aromatic heterocycles. The first-order valence-corrected chi connectivity index (χ1v) is 12.9. The predicted molar refractivity (Wildman–Crippen MR) is 147 cm³/mol. The molecule has 2 aromatic carbocycles. The third kappa shape index (κ3) is 7.30. The normalized spacial score (nSPS) is 13.7. The SMILES string of the molecule is CCCc1cc(OC)c(OC)cc1CCN(C)CC(O)CC(C#N)(c1ccc(OC)c(OC)c1)C(C)C. The first-order chi connectivity index (χ1) is 17.7. The summed E-state index contributed by atoms with van der Waals surface area (Å²) in [7, 11) is 8.48. The third-order valence-electron chi connectivity index (χ3n) is 7.15. The average molecular weight is 513 g/mol. The molecule has 7 heteroatoms. The highest BCUT2D eigenvalue weighted by atomic mass is 16.5. The number of benzene rings is 2. The van der Waals surface area contributed by atoms with Crippen molar-refractivity contribution in [2.24, 2.45) is 5.92 Å². The van der Waals surface area contributed by atoms with E-state index in [9.17, 15) is 10.4 Å². The molecule has 1 N–H and O–H groups in total. The van der Waals surface area contributed by atoms with E-state index in [4.69, 9.17) is 18.9 Å². The summed E-state index contributed by atoms with van der Waals surface area (Å²) in [4.78, 5) is 2.12. The van der Waals surface area contributed by atoms with Crippen LogP contribution in [0.4, 0.5) is 0 Å². The number of nitrogens with zero attached hydrogens (tertiary/aromatic N) is 2. The van der Waals surface area contributed by atoms with E-state index in [-0.39, 0.29) is 5.92 Å². The molecule has 0 fully saturated rings. The van der Waals surface area contributed by atoms with Gasteiger partial charge in [-0.3, -0.25) is 0 Å². The van der Waals surface area contributed by atoms with Crippen LogP contribution in [0.1, 0.15) is 50.3 Å². The van der Waals surface area contributed by atoms with Crippen LogP contribution in [0.15, 0.2) is 30.3 Å². The fourth-order valence-electron chi connectivity index (χ4n) is 4.94. The molecule has 0 saturated heterocycles. The fraction of sp³-hybridized carbons (Fsp3) is 0.567. The van der Waals surface area contributed by atoms with Gasteiger partial charge in [0.05, 0.1) is 46.0 Å². The molecule has 37 heavy (non-hydrogen) atoms. The van der Waals surface area contributed by atoms with Gasteiger partial charge in [0.1, 0.15) is 0 Å². The molecule has 0 amide bonds. The van der Waals surface area contributed by atoms with Crippen molar-refractivity contribution in [2.45, 2.75) is 58.0 Å². The number of hydrogen-bond donors (Lipinski definition) is 1. The van der Waals surface area contributed by atoms with Crippen molar-refractivity contribution < 1.29 is 24.1 Å². The highest BCUT2D eigenvalue weighted by Crippen LogP contribution is 2.40. The maximum Gasteiger partial charge on any atom is 0.161 e. The lowest BCUT2D eigenvalue weighted by atomic mass is 9.69. The maximum atomic E-state index is 11.1. The Kier molecular flexibility index (Phi) is 11.5. The van der Waals surface area contributed by atoms with Gasteiger partial charge in [0.2, 0.25) is 0 Å². The predicted octanol–water partition coefficient (Wildman–Crippen LogP) is 5.02. The van der Waals surface area contributed by atoms with E-state index in [0.29, 0.717) is 24.5 Å². The summed E-state index contributed by atoms with van der Waals surface area (Å²) in [5, 5.41) is 21.5. The molecule has 0 spiro atoms. The molecule has 204 valence electrons. The van der Waals surface area contributed by atoms with Crippen molar-refractivity contribution in [1.82, 2.24) is 4.90 Å². The summed E-state index contributed by atoms with van der Waals surface area (Å²) >= 11 is 0. The highest BCUT2D eigenvalue weighted by Gasteiger charge is 2.39. The molecule has 2 unspecified atom stereocenters. The number of aryl methyl sites for hydroxylation is 1. The van der Waals surface area contributed by atoms with Crippen LogP contribution in [0.25, 0.3) is 0 Å². The largest absolute Gasteiger partial charge is 0.493 e. The number of aliphatic hydroxyl groups excluding tert-OH is 1. The van der Waals surface area contributed by atoms with Crippen molar-refractivity contribution in [3.05, 3.63) is 47.0 Å². The molecule has 0 aliphatic heterocycles. The molecule has 2 atom stereocenters. The summed E-state index contributed by atoms with van der Waals surface area (Å²) in [5.41, 5.74) is 2.43. The Hall–Kier alpha value is -2.95. The number of nitriles is 1. The van der Waals surface area contributed by atoms with Crippen LogP contribution < -0.4 is 18.9 Å². The molecule has 2 rings (SSSR count). The molecular weight excluding hydrogens is 468 g/mol. The molecule has 0 aliphatic carbocycles. The Bertz CT molecular complexity index is 1050. The molecule has 0 aliphatic rings. The monoisotopic (exact) mass is 512 g/mol. The lowest BCUT2D eigenvalue weighted by molar-refractivity contribution is 0.0933. The van der Waals surface area contributed by atoms with Crippen LogP contribution >= 0.6 is 0 Å². The van der Waals surface area contributed by atoms with E-state index < -0.39 is 11.5 Å². The van der Waals surface area contributed by atoms with Crippen LogP contribution in [0.3, 0.4) is 0 Å². The summed E-state index contributed by atoms with van der Waals surface area (Å²) < 4.78 is 21.8. The lowest BCUT2D eigenvalue weighted by Crippen LogP contribution is -2.39. The van der Waals surface area contributed by atoms with Crippen molar-refractivity contribution >= 4 is 0 Å².